The Morgan fingerprint density at radius 1 is 1.24 bits per heavy atom. The molecule has 2 aliphatic rings. The van der Waals surface area contributed by atoms with E-state index in [0.29, 0.717) is 13.0 Å². The molecule has 158 valence electrons. The van der Waals surface area contributed by atoms with Gasteiger partial charge < -0.3 is 20.4 Å². The molecule has 2 fully saturated rings. The van der Waals surface area contributed by atoms with Gasteiger partial charge in [-0.1, -0.05) is 6.92 Å². The van der Waals surface area contributed by atoms with Crippen LogP contribution in [0.5, 0.6) is 0 Å². The molecule has 1 aromatic rings. The molecular formula is C19H23F3N4O3. The molecule has 3 amide bonds. The van der Waals surface area contributed by atoms with Gasteiger partial charge in [0.2, 0.25) is 11.8 Å². The smallest absolute Gasteiger partial charge is 0.353 e. The van der Waals surface area contributed by atoms with Crippen LogP contribution in [-0.2, 0) is 15.8 Å². The summed E-state index contributed by atoms with van der Waals surface area (Å²) in [6, 6.07) is 2.80. The maximum Gasteiger partial charge on any atom is 0.416 e. The number of anilines is 1. The van der Waals surface area contributed by atoms with E-state index in [9.17, 15) is 27.6 Å². The van der Waals surface area contributed by atoms with E-state index in [-0.39, 0.29) is 48.6 Å². The van der Waals surface area contributed by atoms with Crippen molar-refractivity contribution in [3.63, 3.8) is 0 Å². The molecule has 0 aromatic heterocycles. The Bertz CT molecular complexity index is 812. The highest BCUT2D eigenvalue weighted by Gasteiger charge is 2.34. The molecule has 2 saturated heterocycles. The summed E-state index contributed by atoms with van der Waals surface area (Å²) in [6.45, 7) is 4.32. The van der Waals surface area contributed by atoms with Gasteiger partial charge in [0.15, 0.2) is 0 Å². The summed E-state index contributed by atoms with van der Waals surface area (Å²) in [4.78, 5) is 39.9. The number of carbonyl (C=O) groups is 3. The average molecular weight is 412 g/mol. The Balaban J connectivity index is 1.83. The highest BCUT2D eigenvalue weighted by atomic mass is 19.4. The number of likely N-dealkylation sites (tertiary alicyclic amines) is 1. The maximum atomic E-state index is 13.3. The summed E-state index contributed by atoms with van der Waals surface area (Å²) in [6.07, 6.45) is -4.05. The second kappa shape index (κ2) is 8.40. The quantitative estimate of drug-likeness (QED) is 0.787. The Morgan fingerprint density at radius 3 is 2.62 bits per heavy atom. The average Bonchev–Trinajstić information content (AvgIpc) is 3.16. The maximum absolute atomic E-state index is 13.3. The van der Waals surface area contributed by atoms with Crippen molar-refractivity contribution in [3.05, 3.63) is 29.3 Å². The SMILES string of the molecule is CCN1CCC(C(=O)Nc2cc(C(=O)N3CCNC(=O)C3)cc(C(F)(F)F)c2)C1. The van der Waals surface area contributed by atoms with Crippen LogP contribution in [0.25, 0.3) is 0 Å². The number of nitrogens with one attached hydrogen (secondary N) is 2. The molecule has 0 spiro atoms. The minimum atomic E-state index is -4.68. The van der Waals surface area contributed by atoms with Gasteiger partial charge in [-0.05, 0) is 37.7 Å². The Labute approximate surface area is 166 Å². The van der Waals surface area contributed by atoms with Gasteiger partial charge in [-0.15, -0.1) is 0 Å². The fourth-order valence-electron chi connectivity index (χ4n) is 3.56. The summed E-state index contributed by atoms with van der Waals surface area (Å²) in [7, 11) is 0. The highest BCUT2D eigenvalue weighted by molar-refractivity contribution is 5.99. The molecule has 7 nitrogen and oxygen atoms in total. The number of alkyl halides is 3. The number of benzene rings is 1. The van der Waals surface area contributed by atoms with Crippen LogP contribution in [0, 0.1) is 5.92 Å². The minimum absolute atomic E-state index is 0.0791. The minimum Gasteiger partial charge on any atom is -0.353 e. The van der Waals surface area contributed by atoms with Crippen LogP contribution >= 0.6 is 0 Å². The highest BCUT2D eigenvalue weighted by Crippen LogP contribution is 2.32. The second-order valence-electron chi connectivity index (χ2n) is 7.24. The second-order valence-corrected chi connectivity index (χ2v) is 7.24. The van der Waals surface area contributed by atoms with E-state index in [1.807, 2.05) is 6.92 Å². The summed E-state index contributed by atoms with van der Waals surface area (Å²) >= 11 is 0. The molecule has 1 unspecified atom stereocenters. The van der Waals surface area contributed by atoms with E-state index in [1.165, 1.54) is 11.0 Å². The van der Waals surface area contributed by atoms with E-state index in [0.717, 1.165) is 25.2 Å². The van der Waals surface area contributed by atoms with Crippen LogP contribution in [0.1, 0.15) is 29.3 Å². The Morgan fingerprint density at radius 2 is 2.00 bits per heavy atom. The lowest BCUT2D eigenvalue weighted by atomic mass is 10.1. The predicted molar refractivity (Wildman–Crippen MR) is 99.2 cm³/mol. The van der Waals surface area contributed by atoms with Gasteiger partial charge in [0.25, 0.3) is 5.91 Å². The number of carbonyl (C=O) groups excluding carboxylic acids is 3. The molecule has 0 radical (unpaired) electrons. The molecule has 0 bridgehead atoms. The number of halogens is 3. The lowest BCUT2D eigenvalue weighted by Crippen LogP contribution is -2.50. The van der Waals surface area contributed by atoms with E-state index in [4.69, 9.17) is 0 Å². The van der Waals surface area contributed by atoms with Crippen LogP contribution in [-0.4, -0.2) is 66.8 Å². The van der Waals surface area contributed by atoms with Crippen molar-refractivity contribution in [2.45, 2.75) is 19.5 Å². The van der Waals surface area contributed by atoms with Gasteiger partial charge in [0.1, 0.15) is 0 Å². The standard InChI is InChI=1S/C19H23F3N4O3/c1-2-25-5-3-12(10-25)17(28)24-15-8-13(7-14(9-15)19(20,21)22)18(29)26-6-4-23-16(27)11-26/h7-9,12H,2-6,10-11H2,1H3,(H,23,27)(H,24,28). The van der Waals surface area contributed by atoms with Crippen molar-refractivity contribution in [3.8, 4) is 0 Å². The third kappa shape index (κ3) is 5.06. The number of hydrogen-bond donors (Lipinski definition) is 2. The van der Waals surface area contributed by atoms with Crippen molar-refractivity contribution < 1.29 is 27.6 Å². The molecule has 29 heavy (non-hydrogen) atoms. The zero-order valence-corrected chi connectivity index (χ0v) is 16.0. The van der Waals surface area contributed by atoms with Crippen LogP contribution in [0.2, 0.25) is 0 Å². The largest absolute Gasteiger partial charge is 0.416 e. The molecule has 10 heteroatoms. The molecule has 2 heterocycles. The van der Waals surface area contributed by atoms with Crippen molar-refractivity contribution in [1.29, 1.82) is 0 Å². The normalized spacial score (nSPS) is 20.5. The summed E-state index contributed by atoms with van der Waals surface area (Å²) in [5, 5.41) is 5.09. The molecule has 2 N–H and O–H groups in total. The van der Waals surface area contributed by atoms with Gasteiger partial charge >= 0.3 is 6.18 Å². The van der Waals surface area contributed by atoms with Crippen LogP contribution in [0.4, 0.5) is 18.9 Å². The zero-order valence-electron chi connectivity index (χ0n) is 16.0. The monoisotopic (exact) mass is 412 g/mol. The van der Waals surface area contributed by atoms with Gasteiger partial charge in [-0.2, -0.15) is 13.2 Å². The Kier molecular flexibility index (Phi) is 6.11. The van der Waals surface area contributed by atoms with Gasteiger partial charge in [0, 0.05) is 30.9 Å². The number of rotatable bonds is 4. The number of amides is 3. The van der Waals surface area contributed by atoms with Gasteiger partial charge in [0.05, 0.1) is 18.0 Å². The first-order chi connectivity index (χ1) is 13.7. The molecular weight excluding hydrogens is 389 g/mol. The fraction of sp³-hybridized carbons (Fsp3) is 0.526. The van der Waals surface area contributed by atoms with Crippen molar-refractivity contribution in [1.82, 2.24) is 15.1 Å². The fourth-order valence-corrected chi connectivity index (χ4v) is 3.56. The number of hydrogen-bond acceptors (Lipinski definition) is 4. The first-order valence-corrected chi connectivity index (χ1v) is 9.49. The molecule has 1 aromatic carbocycles. The molecule has 3 rings (SSSR count). The van der Waals surface area contributed by atoms with Crippen molar-refractivity contribution in [2.75, 3.05) is 44.6 Å². The zero-order chi connectivity index (χ0) is 21.2. The summed E-state index contributed by atoms with van der Waals surface area (Å²) in [5.74, 6) is -1.73. The summed E-state index contributed by atoms with van der Waals surface area (Å²) < 4.78 is 40.0. The Hall–Kier alpha value is -2.62. The summed E-state index contributed by atoms with van der Waals surface area (Å²) in [5.41, 5.74) is -1.32. The topological polar surface area (TPSA) is 81.8 Å². The van der Waals surface area contributed by atoms with Crippen molar-refractivity contribution >= 4 is 23.4 Å². The van der Waals surface area contributed by atoms with E-state index in [2.05, 4.69) is 15.5 Å². The third-order valence-corrected chi connectivity index (χ3v) is 5.19. The first kappa shape index (κ1) is 21.1. The van der Waals surface area contributed by atoms with E-state index < -0.39 is 17.6 Å². The molecule has 0 aliphatic carbocycles. The van der Waals surface area contributed by atoms with Crippen LogP contribution in [0.3, 0.4) is 0 Å². The van der Waals surface area contributed by atoms with Gasteiger partial charge in [-0.25, -0.2) is 0 Å². The van der Waals surface area contributed by atoms with Crippen LogP contribution < -0.4 is 10.6 Å². The van der Waals surface area contributed by atoms with Crippen molar-refractivity contribution in [2.24, 2.45) is 5.92 Å². The van der Waals surface area contributed by atoms with Crippen LogP contribution in [0.15, 0.2) is 18.2 Å². The molecule has 1 atom stereocenters. The van der Waals surface area contributed by atoms with E-state index in [1.54, 1.807) is 0 Å². The number of piperazine rings is 1. The lowest BCUT2D eigenvalue weighted by Gasteiger charge is -2.27. The van der Waals surface area contributed by atoms with Gasteiger partial charge in [-0.3, -0.25) is 14.4 Å². The molecule has 0 saturated carbocycles. The first-order valence-electron chi connectivity index (χ1n) is 9.49. The lowest BCUT2D eigenvalue weighted by molar-refractivity contribution is -0.137. The predicted octanol–water partition coefficient (Wildman–Crippen LogP) is 1.56. The molecule has 2 aliphatic heterocycles. The third-order valence-electron chi connectivity index (χ3n) is 5.19. The number of nitrogens with zero attached hydrogens (tertiary/aromatic N) is 2. The van der Waals surface area contributed by atoms with E-state index >= 15 is 0 Å².